The molecule has 0 saturated carbocycles. The SMILES string of the molecule is Cc1ccc2occ(CC(=O)Oc3ccc(C#N)cc3)c2c1. The summed E-state index contributed by atoms with van der Waals surface area (Å²) in [6, 6.07) is 14.3. The van der Waals surface area contributed by atoms with Crippen LogP contribution in [0.3, 0.4) is 0 Å². The van der Waals surface area contributed by atoms with E-state index in [-0.39, 0.29) is 12.4 Å². The summed E-state index contributed by atoms with van der Waals surface area (Å²) >= 11 is 0. The van der Waals surface area contributed by atoms with Crippen molar-refractivity contribution in [1.82, 2.24) is 0 Å². The zero-order valence-corrected chi connectivity index (χ0v) is 12.0. The first-order valence-corrected chi connectivity index (χ1v) is 6.83. The van der Waals surface area contributed by atoms with Gasteiger partial charge in [0.05, 0.1) is 24.3 Å². The van der Waals surface area contributed by atoms with Crippen LogP contribution in [0.4, 0.5) is 0 Å². The van der Waals surface area contributed by atoms with E-state index in [1.54, 1.807) is 30.5 Å². The summed E-state index contributed by atoms with van der Waals surface area (Å²) in [6.07, 6.45) is 1.72. The van der Waals surface area contributed by atoms with Gasteiger partial charge in [-0.3, -0.25) is 4.79 Å². The minimum atomic E-state index is -0.367. The Morgan fingerprint density at radius 2 is 2.00 bits per heavy atom. The number of furan rings is 1. The molecule has 0 atom stereocenters. The van der Waals surface area contributed by atoms with E-state index in [1.807, 2.05) is 31.2 Å². The van der Waals surface area contributed by atoms with Gasteiger partial charge in [0, 0.05) is 10.9 Å². The minimum Gasteiger partial charge on any atom is -0.464 e. The maximum atomic E-state index is 12.0. The van der Waals surface area contributed by atoms with Crippen LogP contribution >= 0.6 is 0 Å². The molecule has 108 valence electrons. The smallest absolute Gasteiger partial charge is 0.315 e. The second-order valence-electron chi connectivity index (χ2n) is 5.05. The number of carbonyl (C=O) groups is 1. The van der Waals surface area contributed by atoms with Gasteiger partial charge < -0.3 is 9.15 Å². The number of fused-ring (bicyclic) bond motifs is 1. The predicted molar refractivity (Wildman–Crippen MR) is 81.4 cm³/mol. The Labute approximate surface area is 127 Å². The van der Waals surface area contributed by atoms with Crippen molar-refractivity contribution in [1.29, 1.82) is 5.26 Å². The molecule has 0 unspecified atom stereocenters. The average Bonchev–Trinajstić information content (AvgIpc) is 2.90. The van der Waals surface area contributed by atoms with Crippen LogP contribution in [-0.4, -0.2) is 5.97 Å². The first kappa shape index (κ1) is 13.9. The summed E-state index contributed by atoms with van der Waals surface area (Å²) in [4.78, 5) is 12.0. The van der Waals surface area contributed by atoms with Crippen molar-refractivity contribution < 1.29 is 13.9 Å². The Balaban J connectivity index is 1.75. The molecule has 0 fully saturated rings. The molecule has 0 aliphatic heterocycles. The van der Waals surface area contributed by atoms with Gasteiger partial charge >= 0.3 is 5.97 Å². The number of hydrogen-bond donors (Lipinski definition) is 0. The van der Waals surface area contributed by atoms with Gasteiger partial charge in [0.25, 0.3) is 0 Å². The number of benzene rings is 2. The van der Waals surface area contributed by atoms with Gasteiger partial charge in [-0.25, -0.2) is 0 Å². The lowest BCUT2D eigenvalue weighted by atomic mass is 10.1. The van der Waals surface area contributed by atoms with E-state index in [2.05, 4.69) is 0 Å². The van der Waals surface area contributed by atoms with Gasteiger partial charge in [-0.05, 0) is 43.3 Å². The Bertz CT molecular complexity index is 869. The standard InChI is InChI=1S/C18H13NO3/c1-12-2-7-17-16(8-12)14(11-21-17)9-18(20)22-15-5-3-13(10-19)4-6-15/h2-8,11H,9H2,1H3. The zero-order chi connectivity index (χ0) is 15.5. The molecule has 0 aliphatic carbocycles. The Hall–Kier alpha value is -3.06. The van der Waals surface area contributed by atoms with E-state index in [0.29, 0.717) is 11.3 Å². The molecule has 4 nitrogen and oxygen atoms in total. The highest BCUT2D eigenvalue weighted by Crippen LogP contribution is 2.23. The highest BCUT2D eigenvalue weighted by molar-refractivity contribution is 5.86. The summed E-state index contributed by atoms with van der Waals surface area (Å²) in [5.41, 5.74) is 3.19. The second kappa shape index (κ2) is 5.74. The Kier molecular flexibility index (Phi) is 3.63. The maximum Gasteiger partial charge on any atom is 0.315 e. The number of rotatable bonds is 3. The molecule has 0 N–H and O–H groups in total. The highest BCUT2D eigenvalue weighted by Gasteiger charge is 2.12. The Morgan fingerprint density at radius 3 is 2.73 bits per heavy atom. The maximum absolute atomic E-state index is 12.0. The van der Waals surface area contributed by atoms with Crippen molar-refractivity contribution in [3.63, 3.8) is 0 Å². The molecule has 4 heteroatoms. The van der Waals surface area contributed by atoms with Crippen LogP contribution in [0, 0.1) is 18.3 Å². The summed E-state index contributed by atoms with van der Waals surface area (Å²) in [6.45, 7) is 1.99. The number of ether oxygens (including phenoxy) is 1. The fraction of sp³-hybridized carbons (Fsp3) is 0.111. The topological polar surface area (TPSA) is 63.2 Å². The number of esters is 1. The lowest BCUT2D eigenvalue weighted by Crippen LogP contribution is -2.10. The number of aryl methyl sites for hydroxylation is 1. The quantitative estimate of drug-likeness (QED) is 0.544. The van der Waals surface area contributed by atoms with Crippen molar-refractivity contribution in [3.05, 3.63) is 65.4 Å². The van der Waals surface area contributed by atoms with E-state index in [1.165, 1.54) is 0 Å². The van der Waals surface area contributed by atoms with Crippen LogP contribution < -0.4 is 4.74 Å². The van der Waals surface area contributed by atoms with Crippen molar-refractivity contribution in [3.8, 4) is 11.8 Å². The monoisotopic (exact) mass is 291 g/mol. The molecule has 22 heavy (non-hydrogen) atoms. The second-order valence-corrected chi connectivity index (χ2v) is 5.05. The fourth-order valence-electron chi connectivity index (χ4n) is 2.25. The van der Waals surface area contributed by atoms with E-state index < -0.39 is 0 Å². The van der Waals surface area contributed by atoms with Crippen molar-refractivity contribution in [2.45, 2.75) is 13.3 Å². The van der Waals surface area contributed by atoms with Gasteiger partial charge in [-0.1, -0.05) is 11.6 Å². The molecule has 1 heterocycles. The zero-order valence-electron chi connectivity index (χ0n) is 12.0. The van der Waals surface area contributed by atoms with Crippen molar-refractivity contribution in [2.75, 3.05) is 0 Å². The molecule has 0 saturated heterocycles. The minimum absolute atomic E-state index is 0.135. The van der Waals surface area contributed by atoms with Crippen LogP contribution in [0.5, 0.6) is 5.75 Å². The molecule has 0 radical (unpaired) electrons. The molecular weight excluding hydrogens is 278 g/mol. The van der Waals surface area contributed by atoms with Crippen LogP contribution in [0.25, 0.3) is 11.0 Å². The van der Waals surface area contributed by atoms with Gasteiger partial charge in [-0.2, -0.15) is 5.26 Å². The summed E-state index contributed by atoms with van der Waals surface area (Å²) in [7, 11) is 0. The third-order valence-electron chi connectivity index (χ3n) is 3.36. The number of nitrogens with zero attached hydrogens (tertiary/aromatic N) is 1. The van der Waals surface area contributed by atoms with Gasteiger partial charge in [0.1, 0.15) is 11.3 Å². The number of nitriles is 1. The number of carbonyl (C=O) groups excluding carboxylic acids is 1. The van der Waals surface area contributed by atoms with E-state index >= 15 is 0 Å². The summed E-state index contributed by atoms with van der Waals surface area (Å²) in [5, 5.41) is 9.66. The molecule has 2 aromatic carbocycles. The summed E-state index contributed by atoms with van der Waals surface area (Å²) in [5.74, 6) is 0.0573. The lowest BCUT2D eigenvalue weighted by Gasteiger charge is -2.03. The van der Waals surface area contributed by atoms with Crippen LogP contribution in [-0.2, 0) is 11.2 Å². The molecule has 0 amide bonds. The fourth-order valence-corrected chi connectivity index (χ4v) is 2.25. The van der Waals surface area contributed by atoms with Crippen molar-refractivity contribution in [2.24, 2.45) is 0 Å². The third-order valence-corrected chi connectivity index (χ3v) is 3.36. The van der Waals surface area contributed by atoms with Gasteiger partial charge in [0.15, 0.2) is 0 Å². The lowest BCUT2D eigenvalue weighted by molar-refractivity contribution is -0.133. The molecule has 0 bridgehead atoms. The molecule has 0 aliphatic rings. The van der Waals surface area contributed by atoms with Crippen LogP contribution in [0.1, 0.15) is 16.7 Å². The van der Waals surface area contributed by atoms with Gasteiger partial charge in [-0.15, -0.1) is 0 Å². The van der Waals surface area contributed by atoms with Gasteiger partial charge in [0.2, 0.25) is 0 Å². The van der Waals surface area contributed by atoms with E-state index in [9.17, 15) is 4.79 Å². The van der Waals surface area contributed by atoms with Crippen LogP contribution in [0.2, 0.25) is 0 Å². The Morgan fingerprint density at radius 1 is 1.23 bits per heavy atom. The number of hydrogen-bond acceptors (Lipinski definition) is 4. The molecule has 1 aromatic heterocycles. The first-order valence-electron chi connectivity index (χ1n) is 6.83. The average molecular weight is 291 g/mol. The summed E-state index contributed by atoms with van der Waals surface area (Å²) < 4.78 is 10.7. The highest BCUT2D eigenvalue weighted by atomic mass is 16.5. The predicted octanol–water partition coefficient (Wildman–Crippen LogP) is 3.76. The van der Waals surface area contributed by atoms with Crippen LogP contribution in [0.15, 0.2) is 53.1 Å². The molecular formula is C18H13NO3. The van der Waals surface area contributed by atoms with E-state index in [0.717, 1.165) is 22.1 Å². The third kappa shape index (κ3) is 2.84. The van der Waals surface area contributed by atoms with Crippen molar-refractivity contribution >= 4 is 16.9 Å². The largest absolute Gasteiger partial charge is 0.464 e. The molecule has 3 rings (SSSR count). The first-order chi connectivity index (χ1) is 10.7. The molecule has 0 spiro atoms. The van der Waals surface area contributed by atoms with E-state index in [4.69, 9.17) is 14.4 Å². The normalized spacial score (nSPS) is 10.4. The molecule has 3 aromatic rings.